The second-order valence-corrected chi connectivity index (χ2v) is 6.85. The molecule has 132 valence electrons. The number of para-hydroxylation sites is 1. The van der Waals surface area contributed by atoms with Crippen LogP contribution in [0.15, 0.2) is 97.1 Å². The molecule has 0 heterocycles. The zero-order chi connectivity index (χ0) is 18.6. The Morgan fingerprint density at radius 3 is 1.81 bits per heavy atom. The van der Waals surface area contributed by atoms with Gasteiger partial charge >= 0.3 is 0 Å². The van der Waals surface area contributed by atoms with E-state index in [0.717, 1.165) is 28.0 Å². The fourth-order valence-electron chi connectivity index (χ4n) is 2.99. The van der Waals surface area contributed by atoms with E-state index < -0.39 is 0 Å². The molecule has 1 nitrogen and oxygen atoms in total. The van der Waals surface area contributed by atoms with Gasteiger partial charge in [-0.2, -0.15) is 0 Å². The van der Waals surface area contributed by atoms with Crippen LogP contribution in [0.1, 0.15) is 0 Å². The van der Waals surface area contributed by atoms with Gasteiger partial charge < -0.3 is 4.74 Å². The Morgan fingerprint density at radius 2 is 1.11 bits per heavy atom. The van der Waals surface area contributed by atoms with E-state index in [2.05, 4.69) is 0 Å². The van der Waals surface area contributed by atoms with Crippen LogP contribution in [0.5, 0.6) is 11.5 Å². The van der Waals surface area contributed by atoms with Gasteiger partial charge in [0.05, 0.1) is 5.02 Å². The lowest BCUT2D eigenvalue weighted by molar-refractivity contribution is 0.485. The highest BCUT2D eigenvalue weighted by Gasteiger charge is 2.18. The Labute approximate surface area is 168 Å². The van der Waals surface area contributed by atoms with Crippen molar-refractivity contribution >= 4 is 23.2 Å². The molecule has 0 N–H and O–H groups in total. The Morgan fingerprint density at radius 1 is 0.519 bits per heavy atom. The quantitative estimate of drug-likeness (QED) is 0.341. The smallest absolute Gasteiger partial charge is 0.154 e. The van der Waals surface area contributed by atoms with E-state index in [1.807, 2.05) is 97.1 Å². The van der Waals surface area contributed by atoms with Crippen LogP contribution < -0.4 is 4.74 Å². The molecule has 0 aliphatic rings. The standard InChI is InChI=1S/C24H16Cl2O/c25-22-14-8-7-13-20(22)21-16-15-19(17-9-3-1-4-10-17)24(23(21)26)27-18-11-5-2-6-12-18/h1-16H. The third-order valence-corrected chi connectivity index (χ3v) is 5.01. The Hall–Kier alpha value is -2.74. The molecule has 0 fully saturated rings. The largest absolute Gasteiger partial charge is 0.455 e. The first-order valence-electron chi connectivity index (χ1n) is 8.60. The predicted molar refractivity (Wildman–Crippen MR) is 114 cm³/mol. The van der Waals surface area contributed by atoms with Crippen LogP contribution in [0.4, 0.5) is 0 Å². The fourth-order valence-corrected chi connectivity index (χ4v) is 3.54. The molecular weight excluding hydrogens is 375 g/mol. The molecule has 0 amide bonds. The van der Waals surface area contributed by atoms with Gasteiger partial charge in [-0.3, -0.25) is 0 Å². The van der Waals surface area contributed by atoms with Crippen LogP contribution in [-0.2, 0) is 0 Å². The third-order valence-electron chi connectivity index (χ3n) is 4.31. The Kier molecular flexibility index (Phi) is 5.15. The van der Waals surface area contributed by atoms with Crippen molar-refractivity contribution in [1.82, 2.24) is 0 Å². The van der Waals surface area contributed by atoms with E-state index in [1.54, 1.807) is 0 Å². The highest BCUT2D eigenvalue weighted by atomic mass is 35.5. The van der Waals surface area contributed by atoms with Crippen LogP contribution in [-0.4, -0.2) is 0 Å². The van der Waals surface area contributed by atoms with Crippen molar-refractivity contribution in [1.29, 1.82) is 0 Å². The van der Waals surface area contributed by atoms with Crippen LogP contribution in [0, 0.1) is 0 Å². The summed E-state index contributed by atoms with van der Waals surface area (Å²) in [4.78, 5) is 0. The summed E-state index contributed by atoms with van der Waals surface area (Å²) in [6.07, 6.45) is 0. The molecule has 0 unspecified atom stereocenters. The zero-order valence-electron chi connectivity index (χ0n) is 14.4. The van der Waals surface area contributed by atoms with Crippen LogP contribution in [0.2, 0.25) is 10.0 Å². The van der Waals surface area contributed by atoms with Crippen LogP contribution >= 0.6 is 23.2 Å². The maximum atomic E-state index is 6.84. The summed E-state index contributed by atoms with van der Waals surface area (Å²) >= 11 is 13.2. The Balaban J connectivity index is 1.91. The molecule has 0 saturated carbocycles. The first-order chi connectivity index (χ1) is 13.2. The number of hydrogen-bond acceptors (Lipinski definition) is 1. The van der Waals surface area contributed by atoms with Crippen molar-refractivity contribution in [2.75, 3.05) is 0 Å². The van der Waals surface area contributed by atoms with Gasteiger partial charge in [0.25, 0.3) is 0 Å². The minimum Gasteiger partial charge on any atom is -0.455 e. The van der Waals surface area contributed by atoms with Crippen LogP contribution in [0.3, 0.4) is 0 Å². The highest BCUT2D eigenvalue weighted by molar-refractivity contribution is 6.37. The van der Waals surface area contributed by atoms with E-state index in [-0.39, 0.29) is 0 Å². The minimum atomic E-state index is 0.535. The number of rotatable bonds is 4. The SMILES string of the molecule is Clc1ccccc1-c1ccc(-c2ccccc2)c(Oc2ccccc2)c1Cl. The number of ether oxygens (including phenoxy) is 1. The molecule has 4 aromatic carbocycles. The number of halogens is 2. The average Bonchev–Trinajstić information content (AvgIpc) is 2.72. The van der Waals surface area contributed by atoms with E-state index in [9.17, 15) is 0 Å². The van der Waals surface area contributed by atoms with E-state index in [0.29, 0.717) is 15.8 Å². The maximum absolute atomic E-state index is 6.84. The summed E-state index contributed by atoms with van der Waals surface area (Å²) in [5.41, 5.74) is 3.69. The molecule has 4 rings (SSSR count). The van der Waals surface area contributed by atoms with Crippen LogP contribution in [0.25, 0.3) is 22.3 Å². The molecule has 27 heavy (non-hydrogen) atoms. The summed E-state index contributed by atoms with van der Waals surface area (Å²) in [6.45, 7) is 0. The minimum absolute atomic E-state index is 0.535. The summed E-state index contributed by atoms with van der Waals surface area (Å²) in [5.74, 6) is 1.35. The lowest BCUT2D eigenvalue weighted by atomic mass is 9.99. The highest BCUT2D eigenvalue weighted by Crippen LogP contribution is 2.45. The molecule has 0 atom stereocenters. The van der Waals surface area contributed by atoms with Crippen molar-refractivity contribution < 1.29 is 4.74 Å². The molecule has 0 saturated heterocycles. The zero-order valence-corrected chi connectivity index (χ0v) is 15.9. The number of hydrogen-bond donors (Lipinski definition) is 0. The molecule has 4 aromatic rings. The van der Waals surface area contributed by atoms with Gasteiger partial charge in [0.2, 0.25) is 0 Å². The first kappa shape index (κ1) is 17.7. The molecule has 0 spiro atoms. The summed E-state index contributed by atoms with van der Waals surface area (Å²) in [7, 11) is 0. The summed E-state index contributed by atoms with van der Waals surface area (Å²) in [6, 6.07) is 31.4. The average molecular weight is 391 g/mol. The fraction of sp³-hybridized carbons (Fsp3) is 0. The first-order valence-corrected chi connectivity index (χ1v) is 9.35. The van der Waals surface area contributed by atoms with Crippen molar-refractivity contribution in [2.45, 2.75) is 0 Å². The van der Waals surface area contributed by atoms with Crippen molar-refractivity contribution in [3.63, 3.8) is 0 Å². The molecule has 0 radical (unpaired) electrons. The maximum Gasteiger partial charge on any atom is 0.154 e. The van der Waals surface area contributed by atoms with Gasteiger partial charge in [0, 0.05) is 21.7 Å². The summed E-state index contributed by atoms with van der Waals surface area (Å²) in [5, 5.41) is 1.19. The second-order valence-electron chi connectivity index (χ2n) is 6.06. The van der Waals surface area contributed by atoms with E-state index in [4.69, 9.17) is 27.9 Å². The molecular formula is C24H16Cl2O. The molecule has 0 aliphatic carbocycles. The van der Waals surface area contributed by atoms with Crippen molar-refractivity contribution in [2.24, 2.45) is 0 Å². The van der Waals surface area contributed by atoms with Gasteiger partial charge in [-0.1, -0.05) is 96.0 Å². The molecule has 0 aliphatic heterocycles. The summed E-state index contributed by atoms with van der Waals surface area (Å²) < 4.78 is 6.22. The van der Waals surface area contributed by atoms with Gasteiger partial charge in [0.15, 0.2) is 5.75 Å². The molecule has 3 heteroatoms. The van der Waals surface area contributed by atoms with Crippen molar-refractivity contribution in [3.8, 4) is 33.8 Å². The van der Waals surface area contributed by atoms with Gasteiger partial charge in [-0.05, 0) is 29.8 Å². The van der Waals surface area contributed by atoms with Crippen molar-refractivity contribution in [3.05, 3.63) is 107 Å². The lowest BCUT2D eigenvalue weighted by Gasteiger charge is -2.17. The number of benzene rings is 4. The Bertz CT molecular complexity index is 1060. The monoisotopic (exact) mass is 390 g/mol. The van der Waals surface area contributed by atoms with Gasteiger partial charge in [-0.15, -0.1) is 0 Å². The normalized spacial score (nSPS) is 10.6. The lowest BCUT2D eigenvalue weighted by Crippen LogP contribution is -1.92. The molecule has 0 bridgehead atoms. The van der Waals surface area contributed by atoms with E-state index in [1.165, 1.54) is 0 Å². The van der Waals surface area contributed by atoms with Gasteiger partial charge in [0.1, 0.15) is 5.75 Å². The van der Waals surface area contributed by atoms with Gasteiger partial charge in [-0.25, -0.2) is 0 Å². The molecule has 0 aromatic heterocycles. The van der Waals surface area contributed by atoms with E-state index >= 15 is 0 Å². The third kappa shape index (κ3) is 3.71. The topological polar surface area (TPSA) is 9.23 Å². The predicted octanol–water partition coefficient (Wildman–Crippen LogP) is 8.12. The second kappa shape index (κ2) is 7.87.